The zero-order chi connectivity index (χ0) is 13.4. The van der Waals surface area contributed by atoms with Gasteiger partial charge in [-0.05, 0) is 59.0 Å². The van der Waals surface area contributed by atoms with Crippen molar-refractivity contribution >= 4 is 0 Å². The maximum Gasteiger partial charge on any atom is 0.00954 e. The van der Waals surface area contributed by atoms with E-state index >= 15 is 0 Å². The van der Waals surface area contributed by atoms with E-state index in [-0.39, 0.29) is 0 Å². The van der Waals surface area contributed by atoms with Crippen LogP contribution in [0, 0.1) is 0 Å². The van der Waals surface area contributed by atoms with Crippen LogP contribution in [0.1, 0.15) is 72.6 Å². The Morgan fingerprint density at radius 1 is 1.17 bits per heavy atom. The van der Waals surface area contributed by atoms with Crippen molar-refractivity contribution < 1.29 is 0 Å². The van der Waals surface area contributed by atoms with Crippen LogP contribution in [0.25, 0.3) is 0 Å². The summed E-state index contributed by atoms with van der Waals surface area (Å²) in [5, 5.41) is 3.62. The Balaban J connectivity index is 2.43. The van der Waals surface area contributed by atoms with E-state index < -0.39 is 0 Å². The van der Waals surface area contributed by atoms with E-state index in [1.165, 1.54) is 51.5 Å². The van der Waals surface area contributed by atoms with Gasteiger partial charge in [0.25, 0.3) is 0 Å². The highest BCUT2D eigenvalue weighted by Crippen LogP contribution is 2.23. The molecule has 0 spiro atoms. The summed E-state index contributed by atoms with van der Waals surface area (Å²) in [6.07, 6.45) is 9.53. The third kappa shape index (κ3) is 5.27. The van der Waals surface area contributed by atoms with E-state index in [4.69, 9.17) is 0 Å². The quantitative estimate of drug-likeness (QED) is 0.743. The Labute approximate surface area is 115 Å². The molecular formula is C16H34N2. The predicted octanol–water partition coefficient (Wildman–Crippen LogP) is 3.81. The highest BCUT2D eigenvalue weighted by molar-refractivity contribution is 4.81. The molecule has 2 heteroatoms. The van der Waals surface area contributed by atoms with Gasteiger partial charge in [-0.15, -0.1) is 0 Å². The Hall–Kier alpha value is -0.0800. The minimum Gasteiger partial charge on any atom is -0.314 e. The summed E-state index contributed by atoms with van der Waals surface area (Å²) < 4.78 is 0. The van der Waals surface area contributed by atoms with Gasteiger partial charge in [-0.25, -0.2) is 0 Å². The van der Waals surface area contributed by atoms with Crippen molar-refractivity contribution in [1.82, 2.24) is 10.2 Å². The van der Waals surface area contributed by atoms with E-state index in [9.17, 15) is 0 Å². The maximum absolute atomic E-state index is 3.62. The molecule has 18 heavy (non-hydrogen) atoms. The number of hydrogen-bond donors (Lipinski definition) is 1. The minimum atomic E-state index is 0.653. The average molecular weight is 254 g/mol. The number of likely N-dealkylation sites (tertiary alicyclic amines) is 1. The van der Waals surface area contributed by atoms with Gasteiger partial charge in [0, 0.05) is 18.1 Å². The second kappa shape index (κ2) is 8.92. The smallest absolute Gasteiger partial charge is 0.00954 e. The summed E-state index contributed by atoms with van der Waals surface area (Å²) in [5.74, 6) is 0. The van der Waals surface area contributed by atoms with Crippen molar-refractivity contribution in [3.05, 3.63) is 0 Å². The van der Waals surface area contributed by atoms with Crippen molar-refractivity contribution in [3.8, 4) is 0 Å². The van der Waals surface area contributed by atoms with Crippen LogP contribution >= 0.6 is 0 Å². The van der Waals surface area contributed by atoms with E-state index in [1.807, 2.05) is 0 Å². The molecule has 1 rings (SSSR count). The molecule has 0 aromatic carbocycles. The van der Waals surface area contributed by atoms with Gasteiger partial charge in [-0.2, -0.15) is 0 Å². The lowest BCUT2D eigenvalue weighted by atomic mass is 10.0. The van der Waals surface area contributed by atoms with Gasteiger partial charge < -0.3 is 5.32 Å². The molecule has 0 radical (unpaired) electrons. The van der Waals surface area contributed by atoms with E-state index in [1.54, 1.807) is 0 Å². The van der Waals surface area contributed by atoms with Crippen LogP contribution in [0.4, 0.5) is 0 Å². The number of hydrogen-bond acceptors (Lipinski definition) is 2. The van der Waals surface area contributed by atoms with Crippen molar-refractivity contribution in [2.75, 3.05) is 13.1 Å². The monoisotopic (exact) mass is 254 g/mol. The first-order valence-corrected chi connectivity index (χ1v) is 8.18. The molecule has 1 saturated heterocycles. The Kier molecular flexibility index (Phi) is 7.92. The van der Waals surface area contributed by atoms with Crippen LogP contribution in [0.3, 0.4) is 0 Å². The minimum absolute atomic E-state index is 0.653. The zero-order valence-electron chi connectivity index (χ0n) is 13.0. The molecule has 108 valence electrons. The fourth-order valence-electron chi connectivity index (χ4n) is 3.34. The summed E-state index contributed by atoms with van der Waals surface area (Å²) in [5.41, 5.74) is 0. The molecule has 3 unspecified atom stereocenters. The van der Waals surface area contributed by atoms with Gasteiger partial charge >= 0.3 is 0 Å². The summed E-state index contributed by atoms with van der Waals surface area (Å²) in [4.78, 5) is 2.79. The van der Waals surface area contributed by atoms with Gasteiger partial charge in [0.1, 0.15) is 0 Å². The molecule has 0 aliphatic carbocycles. The third-order valence-corrected chi connectivity index (χ3v) is 4.40. The topological polar surface area (TPSA) is 15.3 Å². The second-order valence-electron chi connectivity index (χ2n) is 6.09. The molecule has 0 amide bonds. The number of nitrogens with one attached hydrogen (secondary N) is 1. The largest absolute Gasteiger partial charge is 0.314 e. The summed E-state index contributed by atoms with van der Waals surface area (Å²) in [6.45, 7) is 11.8. The molecule has 0 aromatic rings. The molecule has 1 aliphatic rings. The molecule has 3 atom stereocenters. The second-order valence-corrected chi connectivity index (χ2v) is 6.09. The molecule has 2 nitrogen and oxygen atoms in total. The normalized spacial score (nSPS) is 25.7. The average Bonchev–Trinajstić information content (AvgIpc) is 2.61. The lowest BCUT2D eigenvalue weighted by Crippen LogP contribution is -2.44. The van der Waals surface area contributed by atoms with Crippen LogP contribution < -0.4 is 5.32 Å². The standard InChI is InChI=1S/C16H34N2/c1-5-11-17-14(3)13-15(4)18-12-9-7-8-10-16(18)6-2/h14-17H,5-13H2,1-4H3. The van der Waals surface area contributed by atoms with E-state index in [2.05, 4.69) is 37.9 Å². The predicted molar refractivity (Wildman–Crippen MR) is 81.1 cm³/mol. The van der Waals surface area contributed by atoms with Crippen molar-refractivity contribution in [1.29, 1.82) is 0 Å². The van der Waals surface area contributed by atoms with Crippen LogP contribution in [0.15, 0.2) is 0 Å². The fourth-order valence-corrected chi connectivity index (χ4v) is 3.34. The Morgan fingerprint density at radius 2 is 1.94 bits per heavy atom. The molecule has 1 aliphatic heterocycles. The summed E-state index contributed by atoms with van der Waals surface area (Å²) in [6, 6.07) is 2.22. The van der Waals surface area contributed by atoms with E-state index in [0.29, 0.717) is 6.04 Å². The fraction of sp³-hybridized carbons (Fsp3) is 1.00. The van der Waals surface area contributed by atoms with Gasteiger partial charge in [-0.1, -0.05) is 26.7 Å². The number of nitrogens with zero attached hydrogens (tertiary/aromatic N) is 1. The summed E-state index contributed by atoms with van der Waals surface area (Å²) >= 11 is 0. The lowest BCUT2D eigenvalue weighted by Gasteiger charge is -2.36. The van der Waals surface area contributed by atoms with Crippen LogP contribution in [0.5, 0.6) is 0 Å². The first-order chi connectivity index (χ1) is 8.69. The first kappa shape index (κ1) is 16.0. The van der Waals surface area contributed by atoms with Gasteiger partial charge in [0.05, 0.1) is 0 Å². The highest BCUT2D eigenvalue weighted by Gasteiger charge is 2.24. The molecule has 1 fully saturated rings. The van der Waals surface area contributed by atoms with Gasteiger partial charge in [0.2, 0.25) is 0 Å². The van der Waals surface area contributed by atoms with Crippen molar-refractivity contribution in [2.45, 2.75) is 90.8 Å². The van der Waals surface area contributed by atoms with Crippen LogP contribution in [-0.2, 0) is 0 Å². The third-order valence-electron chi connectivity index (χ3n) is 4.40. The molecule has 1 heterocycles. The molecule has 0 saturated carbocycles. The lowest BCUT2D eigenvalue weighted by molar-refractivity contribution is 0.129. The van der Waals surface area contributed by atoms with Crippen LogP contribution in [0.2, 0.25) is 0 Å². The van der Waals surface area contributed by atoms with Crippen molar-refractivity contribution in [3.63, 3.8) is 0 Å². The zero-order valence-corrected chi connectivity index (χ0v) is 13.0. The van der Waals surface area contributed by atoms with Crippen molar-refractivity contribution in [2.24, 2.45) is 0 Å². The summed E-state index contributed by atoms with van der Waals surface area (Å²) in [7, 11) is 0. The molecular weight excluding hydrogens is 220 g/mol. The molecule has 0 aromatic heterocycles. The highest BCUT2D eigenvalue weighted by atomic mass is 15.2. The molecule has 0 bridgehead atoms. The van der Waals surface area contributed by atoms with Gasteiger partial charge in [0.15, 0.2) is 0 Å². The first-order valence-electron chi connectivity index (χ1n) is 8.18. The Morgan fingerprint density at radius 3 is 2.61 bits per heavy atom. The number of rotatable bonds is 7. The maximum atomic E-state index is 3.62. The Bertz CT molecular complexity index is 205. The van der Waals surface area contributed by atoms with Crippen LogP contribution in [-0.4, -0.2) is 36.1 Å². The van der Waals surface area contributed by atoms with E-state index in [0.717, 1.165) is 18.6 Å². The van der Waals surface area contributed by atoms with Gasteiger partial charge in [-0.3, -0.25) is 4.90 Å². The molecule has 1 N–H and O–H groups in total. The SMILES string of the molecule is CCCNC(C)CC(C)N1CCCCCC1CC.